The quantitative estimate of drug-likeness (QED) is 0.879. The van der Waals surface area contributed by atoms with E-state index in [9.17, 15) is 13.6 Å². The number of rotatable bonds is 3. The van der Waals surface area contributed by atoms with E-state index in [0.29, 0.717) is 23.5 Å². The second-order valence-corrected chi connectivity index (χ2v) is 4.73. The van der Waals surface area contributed by atoms with Crippen molar-refractivity contribution in [2.75, 3.05) is 17.2 Å². The van der Waals surface area contributed by atoms with Crippen LogP contribution in [0.25, 0.3) is 0 Å². The Bertz CT molecular complexity index is 669. The Balaban J connectivity index is 2.44. The van der Waals surface area contributed by atoms with Crippen molar-refractivity contribution in [3.05, 3.63) is 59.2 Å². The van der Waals surface area contributed by atoms with E-state index in [4.69, 9.17) is 5.73 Å². The summed E-state index contributed by atoms with van der Waals surface area (Å²) in [7, 11) is 0. The first-order chi connectivity index (χ1) is 9.93. The van der Waals surface area contributed by atoms with E-state index in [0.717, 1.165) is 0 Å². The molecule has 3 nitrogen and oxygen atoms in total. The predicted molar refractivity (Wildman–Crippen MR) is 79.3 cm³/mol. The summed E-state index contributed by atoms with van der Waals surface area (Å²) in [6.07, 6.45) is 0. The molecule has 2 aromatic carbocycles. The summed E-state index contributed by atoms with van der Waals surface area (Å²) in [4.78, 5) is 13.9. The monoisotopic (exact) mass is 290 g/mol. The molecule has 0 aliphatic heterocycles. The number of nitrogens with two attached hydrogens (primary N) is 1. The predicted octanol–water partition coefficient (Wildman–Crippen LogP) is 3.52. The number of amides is 1. The van der Waals surface area contributed by atoms with Crippen LogP contribution < -0.4 is 10.6 Å². The van der Waals surface area contributed by atoms with Crippen molar-refractivity contribution in [3.63, 3.8) is 0 Å². The third-order valence-corrected chi connectivity index (χ3v) is 3.21. The lowest BCUT2D eigenvalue weighted by atomic mass is 10.1. The molecule has 0 radical (unpaired) electrons. The Morgan fingerprint density at radius 2 is 1.81 bits per heavy atom. The molecule has 0 spiro atoms. The van der Waals surface area contributed by atoms with Gasteiger partial charge in [0, 0.05) is 17.9 Å². The van der Waals surface area contributed by atoms with Crippen molar-refractivity contribution in [2.45, 2.75) is 13.8 Å². The SMILES string of the molecule is CCN(C(=O)c1cc(N)cc(C)c1F)c1ccc(F)cc1. The molecule has 2 N–H and O–H groups in total. The summed E-state index contributed by atoms with van der Waals surface area (Å²) < 4.78 is 27.1. The maximum Gasteiger partial charge on any atom is 0.261 e. The number of anilines is 2. The van der Waals surface area contributed by atoms with Gasteiger partial charge in [0.05, 0.1) is 5.56 Å². The van der Waals surface area contributed by atoms with Crippen molar-refractivity contribution in [3.8, 4) is 0 Å². The number of hydrogen-bond acceptors (Lipinski definition) is 2. The fourth-order valence-corrected chi connectivity index (χ4v) is 2.16. The number of halogens is 2. The Morgan fingerprint density at radius 1 is 1.19 bits per heavy atom. The zero-order valence-corrected chi connectivity index (χ0v) is 11.9. The molecule has 0 bridgehead atoms. The van der Waals surface area contributed by atoms with Crippen molar-refractivity contribution < 1.29 is 13.6 Å². The molecule has 0 fully saturated rings. The number of benzene rings is 2. The number of carbonyl (C=O) groups is 1. The van der Waals surface area contributed by atoms with Gasteiger partial charge in [-0.25, -0.2) is 8.78 Å². The first-order valence-corrected chi connectivity index (χ1v) is 6.57. The zero-order valence-electron chi connectivity index (χ0n) is 11.9. The highest BCUT2D eigenvalue weighted by atomic mass is 19.1. The zero-order chi connectivity index (χ0) is 15.6. The Morgan fingerprint density at radius 3 is 2.38 bits per heavy atom. The topological polar surface area (TPSA) is 46.3 Å². The highest BCUT2D eigenvalue weighted by Crippen LogP contribution is 2.22. The van der Waals surface area contributed by atoms with E-state index in [-0.39, 0.29) is 5.56 Å². The van der Waals surface area contributed by atoms with Gasteiger partial charge in [-0.3, -0.25) is 4.79 Å². The number of carbonyl (C=O) groups excluding carboxylic acids is 1. The molecule has 0 unspecified atom stereocenters. The van der Waals surface area contributed by atoms with Gasteiger partial charge < -0.3 is 10.6 Å². The van der Waals surface area contributed by atoms with Crippen LogP contribution in [0.15, 0.2) is 36.4 Å². The Hall–Kier alpha value is -2.43. The van der Waals surface area contributed by atoms with E-state index in [2.05, 4.69) is 0 Å². The molecule has 0 heterocycles. The van der Waals surface area contributed by atoms with Crippen LogP contribution in [0, 0.1) is 18.6 Å². The lowest BCUT2D eigenvalue weighted by Crippen LogP contribution is -2.31. The number of hydrogen-bond donors (Lipinski definition) is 1. The highest BCUT2D eigenvalue weighted by molar-refractivity contribution is 6.06. The largest absolute Gasteiger partial charge is 0.399 e. The van der Waals surface area contributed by atoms with E-state index in [1.54, 1.807) is 13.8 Å². The first-order valence-electron chi connectivity index (χ1n) is 6.57. The summed E-state index contributed by atoms with van der Waals surface area (Å²) >= 11 is 0. The van der Waals surface area contributed by atoms with E-state index >= 15 is 0 Å². The standard InChI is InChI=1S/C16H16F2N2O/c1-3-20(13-6-4-11(17)5-7-13)16(21)14-9-12(19)8-10(2)15(14)18/h4-9H,3,19H2,1-2H3. The molecule has 0 aliphatic rings. The Labute approximate surface area is 122 Å². The number of aryl methyl sites for hydroxylation is 1. The first kappa shape index (κ1) is 15.0. The van der Waals surface area contributed by atoms with Gasteiger partial charge in [-0.05, 0) is 55.8 Å². The molecule has 5 heteroatoms. The summed E-state index contributed by atoms with van der Waals surface area (Å²) in [5.74, 6) is -1.49. The van der Waals surface area contributed by atoms with Crippen molar-refractivity contribution >= 4 is 17.3 Å². The highest BCUT2D eigenvalue weighted by Gasteiger charge is 2.21. The molecule has 0 atom stereocenters. The third-order valence-electron chi connectivity index (χ3n) is 3.21. The smallest absolute Gasteiger partial charge is 0.261 e. The fourth-order valence-electron chi connectivity index (χ4n) is 2.16. The minimum absolute atomic E-state index is 0.0846. The summed E-state index contributed by atoms with van der Waals surface area (Å²) in [5, 5.41) is 0. The van der Waals surface area contributed by atoms with Gasteiger partial charge in [0.2, 0.25) is 0 Å². The van der Waals surface area contributed by atoms with Crippen molar-refractivity contribution in [2.24, 2.45) is 0 Å². The van der Waals surface area contributed by atoms with Gasteiger partial charge >= 0.3 is 0 Å². The van der Waals surface area contributed by atoms with Gasteiger partial charge in [-0.1, -0.05) is 0 Å². The molecular weight excluding hydrogens is 274 g/mol. The van der Waals surface area contributed by atoms with Crippen molar-refractivity contribution in [1.29, 1.82) is 0 Å². The van der Waals surface area contributed by atoms with Gasteiger partial charge in [0.25, 0.3) is 5.91 Å². The second kappa shape index (κ2) is 5.91. The molecule has 1 amide bonds. The molecule has 0 saturated carbocycles. The lowest BCUT2D eigenvalue weighted by Gasteiger charge is -2.22. The second-order valence-electron chi connectivity index (χ2n) is 4.73. The Kier molecular flexibility index (Phi) is 4.21. The van der Waals surface area contributed by atoms with Crippen LogP contribution in [-0.2, 0) is 0 Å². The minimum atomic E-state index is -0.588. The maximum atomic E-state index is 14.1. The summed E-state index contributed by atoms with van der Waals surface area (Å²) in [6.45, 7) is 3.65. The molecule has 2 aromatic rings. The van der Waals surface area contributed by atoms with Crippen LogP contribution in [0.3, 0.4) is 0 Å². The van der Waals surface area contributed by atoms with Crippen LogP contribution in [-0.4, -0.2) is 12.5 Å². The van der Waals surface area contributed by atoms with Crippen LogP contribution in [0.2, 0.25) is 0 Å². The molecular formula is C16H16F2N2O. The van der Waals surface area contributed by atoms with Crippen LogP contribution >= 0.6 is 0 Å². The van der Waals surface area contributed by atoms with Gasteiger partial charge in [-0.15, -0.1) is 0 Å². The van der Waals surface area contributed by atoms with Crippen LogP contribution in [0.1, 0.15) is 22.8 Å². The van der Waals surface area contributed by atoms with Crippen LogP contribution in [0.5, 0.6) is 0 Å². The maximum absolute atomic E-state index is 14.1. The van der Waals surface area contributed by atoms with E-state index in [1.807, 2.05) is 0 Å². The van der Waals surface area contributed by atoms with Gasteiger partial charge in [0.1, 0.15) is 11.6 Å². The number of nitrogen functional groups attached to an aromatic ring is 1. The summed E-state index contributed by atoms with van der Waals surface area (Å²) in [5.41, 5.74) is 6.74. The third kappa shape index (κ3) is 3.02. The van der Waals surface area contributed by atoms with Crippen molar-refractivity contribution in [1.82, 2.24) is 0 Å². The van der Waals surface area contributed by atoms with E-state index < -0.39 is 17.5 Å². The number of nitrogens with zero attached hydrogens (tertiary/aromatic N) is 1. The minimum Gasteiger partial charge on any atom is -0.399 e. The average Bonchev–Trinajstić information content (AvgIpc) is 2.45. The van der Waals surface area contributed by atoms with E-state index in [1.165, 1.54) is 41.3 Å². The molecule has 0 aromatic heterocycles. The van der Waals surface area contributed by atoms with Crippen LogP contribution in [0.4, 0.5) is 20.2 Å². The van der Waals surface area contributed by atoms with Gasteiger partial charge in [0.15, 0.2) is 0 Å². The van der Waals surface area contributed by atoms with Gasteiger partial charge in [-0.2, -0.15) is 0 Å². The normalized spacial score (nSPS) is 10.5. The average molecular weight is 290 g/mol. The molecule has 0 saturated heterocycles. The summed E-state index contributed by atoms with van der Waals surface area (Å²) in [6, 6.07) is 8.26. The molecule has 2 rings (SSSR count). The lowest BCUT2D eigenvalue weighted by molar-refractivity contribution is 0.0984. The fraction of sp³-hybridized carbons (Fsp3) is 0.188. The molecule has 21 heavy (non-hydrogen) atoms. The molecule has 0 aliphatic carbocycles. The molecule has 110 valence electrons.